The van der Waals surface area contributed by atoms with Gasteiger partial charge in [-0.2, -0.15) is 0 Å². The molecule has 2 nitrogen and oxygen atoms in total. The summed E-state index contributed by atoms with van der Waals surface area (Å²) in [5.74, 6) is 1.48. The molecule has 19 heavy (non-hydrogen) atoms. The second-order valence-electron chi connectivity index (χ2n) is 8.22. The SMILES string of the molecule is CC(C)C1CCCN1C1(CN)CCC(C)(C)CC1C. The minimum Gasteiger partial charge on any atom is -0.329 e. The molecule has 2 rings (SSSR count). The van der Waals surface area contributed by atoms with E-state index in [0.717, 1.165) is 24.4 Å². The number of hydrogen-bond acceptors (Lipinski definition) is 2. The molecule has 2 N–H and O–H groups in total. The molecule has 1 aliphatic heterocycles. The molecule has 1 aliphatic carbocycles. The van der Waals surface area contributed by atoms with Crippen molar-refractivity contribution in [3.63, 3.8) is 0 Å². The van der Waals surface area contributed by atoms with Gasteiger partial charge in [-0.15, -0.1) is 0 Å². The van der Waals surface area contributed by atoms with Gasteiger partial charge in [0, 0.05) is 18.1 Å². The van der Waals surface area contributed by atoms with Gasteiger partial charge in [0.15, 0.2) is 0 Å². The van der Waals surface area contributed by atoms with Crippen LogP contribution >= 0.6 is 0 Å². The van der Waals surface area contributed by atoms with Crippen LogP contribution in [0.15, 0.2) is 0 Å². The second kappa shape index (κ2) is 5.37. The average molecular weight is 266 g/mol. The van der Waals surface area contributed by atoms with E-state index in [-0.39, 0.29) is 5.54 Å². The van der Waals surface area contributed by atoms with E-state index in [1.165, 1.54) is 38.6 Å². The van der Waals surface area contributed by atoms with Gasteiger partial charge in [0.25, 0.3) is 0 Å². The zero-order valence-corrected chi connectivity index (χ0v) is 13.7. The lowest BCUT2D eigenvalue weighted by Gasteiger charge is -2.55. The lowest BCUT2D eigenvalue weighted by molar-refractivity contribution is -0.0384. The minimum atomic E-state index is 0.279. The first-order valence-electron chi connectivity index (χ1n) is 8.29. The number of hydrogen-bond donors (Lipinski definition) is 1. The minimum absolute atomic E-state index is 0.279. The number of likely N-dealkylation sites (tertiary alicyclic amines) is 1. The van der Waals surface area contributed by atoms with Crippen LogP contribution in [-0.4, -0.2) is 29.6 Å². The maximum atomic E-state index is 6.32. The highest BCUT2D eigenvalue weighted by Crippen LogP contribution is 2.48. The van der Waals surface area contributed by atoms with Crippen LogP contribution in [0.2, 0.25) is 0 Å². The van der Waals surface area contributed by atoms with Crippen LogP contribution in [0, 0.1) is 17.3 Å². The Labute approximate surface area is 120 Å². The van der Waals surface area contributed by atoms with E-state index in [1.807, 2.05) is 0 Å². The molecular formula is C17H34N2. The van der Waals surface area contributed by atoms with Crippen molar-refractivity contribution in [3.8, 4) is 0 Å². The Kier molecular flexibility index (Phi) is 4.32. The zero-order valence-electron chi connectivity index (χ0n) is 13.7. The highest BCUT2D eigenvalue weighted by molar-refractivity contribution is 5.05. The van der Waals surface area contributed by atoms with E-state index in [9.17, 15) is 0 Å². The Morgan fingerprint density at radius 1 is 1.26 bits per heavy atom. The summed E-state index contributed by atoms with van der Waals surface area (Å²) >= 11 is 0. The fraction of sp³-hybridized carbons (Fsp3) is 1.00. The predicted octanol–water partition coefficient (Wildman–Crippen LogP) is 3.65. The van der Waals surface area contributed by atoms with E-state index in [4.69, 9.17) is 5.73 Å². The van der Waals surface area contributed by atoms with Crippen LogP contribution < -0.4 is 5.73 Å². The lowest BCUT2D eigenvalue weighted by Crippen LogP contribution is -2.62. The molecule has 3 atom stereocenters. The molecule has 2 aliphatic rings. The van der Waals surface area contributed by atoms with Gasteiger partial charge in [-0.05, 0) is 55.9 Å². The maximum absolute atomic E-state index is 6.32. The first-order valence-corrected chi connectivity index (χ1v) is 8.29. The Morgan fingerprint density at radius 3 is 2.47 bits per heavy atom. The van der Waals surface area contributed by atoms with Crippen LogP contribution in [0.1, 0.15) is 66.7 Å². The Balaban J connectivity index is 2.23. The van der Waals surface area contributed by atoms with Crippen LogP contribution in [-0.2, 0) is 0 Å². The summed E-state index contributed by atoms with van der Waals surface area (Å²) in [4.78, 5) is 2.82. The van der Waals surface area contributed by atoms with Crippen LogP contribution in [0.4, 0.5) is 0 Å². The average Bonchev–Trinajstić information content (AvgIpc) is 2.78. The highest BCUT2D eigenvalue weighted by Gasteiger charge is 2.50. The number of nitrogens with zero attached hydrogens (tertiary/aromatic N) is 1. The van der Waals surface area contributed by atoms with Crippen molar-refractivity contribution in [1.82, 2.24) is 4.90 Å². The van der Waals surface area contributed by atoms with Gasteiger partial charge >= 0.3 is 0 Å². The summed E-state index contributed by atoms with van der Waals surface area (Å²) in [6.07, 6.45) is 6.68. The summed E-state index contributed by atoms with van der Waals surface area (Å²) in [5.41, 5.74) is 7.10. The predicted molar refractivity (Wildman–Crippen MR) is 83.1 cm³/mol. The molecule has 112 valence electrons. The third kappa shape index (κ3) is 2.71. The molecule has 2 fully saturated rings. The fourth-order valence-corrected chi connectivity index (χ4v) is 4.81. The largest absolute Gasteiger partial charge is 0.329 e. The second-order valence-corrected chi connectivity index (χ2v) is 8.22. The number of rotatable bonds is 3. The van der Waals surface area contributed by atoms with E-state index in [2.05, 4.69) is 39.5 Å². The van der Waals surface area contributed by atoms with Gasteiger partial charge in [-0.1, -0.05) is 34.6 Å². The molecule has 3 unspecified atom stereocenters. The van der Waals surface area contributed by atoms with Crippen LogP contribution in [0.3, 0.4) is 0 Å². The van der Waals surface area contributed by atoms with Crippen molar-refractivity contribution in [2.75, 3.05) is 13.1 Å². The first-order chi connectivity index (χ1) is 8.82. The Bertz CT molecular complexity index is 310. The summed E-state index contributed by atoms with van der Waals surface area (Å²) < 4.78 is 0. The molecule has 2 heteroatoms. The molecule has 0 bridgehead atoms. The molecule has 0 amide bonds. The van der Waals surface area contributed by atoms with Gasteiger partial charge in [-0.3, -0.25) is 4.90 Å². The standard InChI is InChI=1S/C17H34N2/c1-13(2)15-7-6-10-19(15)17(12-18)9-8-16(4,5)11-14(17)3/h13-15H,6-12,18H2,1-5H3. The van der Waals surface area contributed by atoms with Gasteiger partial charge < -0.3 is 5.73 Å². The van der Waals surface area contributed by atoms with Gasteiger partial charge in [0.05, 0.1) is 0 Å². The van der Waals surface area contributed by atoms with E-state index in [0.29, 0.717) is 5.41 Å². The van der Waals surface area contributed by atoms with Crippen molar-refractivity contribution >= 4 is 0 Å². The Hall–Kier alpha value is -0.0800. The quantitative estimate of drug-likeness (QED) is 0.845. The zero-order chi connectivity index (χ0) is 14.3. The molecule has 0 radical (unpaired) electrons. The van der Waals surface area contributed by atoms with Crippen molar-refractivity contribution in [2.45, 2.75) is 78.3 Å². The van der Waals surface area contributed by atoms with Gasteiger partial charge in [0.1, 0.15) is 0 Å². The molecule has 0 aromatic rings. The van der Waals surface area contributed by atoms with Crippen LogP contribution in [0.25, 0.3) is 0 Å². The molecule has 0 aromatic heterocycles. The Morgan fingerprint density at radius 2 is 1.95 bits per heavy atom. The summed E-state index contributed by atoms with van der Waals surface area (Å²) in [5, 5.41) is 0. The smallest absolute Gasteiger partial charge is 0.0360 e. The van der Waals surface area contributed by atoms with Crippen molar-refractivity contribution in [3.05, 3.63) is 0 Å². The van der Waals surface area contributed by atoms with E-state index in [1.54, 1.807) is 0 Å². The molecule has 1 heterocycles. The summed E-state index contributed by atoms with van der Waals surface area (Å²) in [7, 11) is 0. The molecule has 0 aromatic carbocycles. The summed E-state index contributed by atoms with van der Waals surface area (Å²) in [6.45, 7) is 14.2. The monoisotopic (exact) mass is 266 g/mol. The highest BCUT2D eigenvalue weighted by atomic mass is 15.3. The fourth-order valence-electron chi connectivity index (χ4n) is 4.81. The van der Waals surface area contributed by atoms with Gasteiger partial charge in [0.2, 0.25) is 0 Å². The topological polar surface area (TPSA) is 29.3 Å². The van der Waals surface area contributed by atoms with Crippen molar-refractivity contribution in [1.29, 1.82) is 0 Å². The molecule has 0 spiro atoms. The molecule has 1 saturated carbocycles. The van der Waals surface area contributed by atoms with Crippen LogP contribution in [0.5, 0.6) is 0 Å². The van der Waals surface area contributed by atoms with Crippen molar-refractivity contribution < 1.29 is 0 Å². The summed E-state index contributed by atoms with van der Waals surface area (Å²) in [6, 6.07) is 0.757. The van der Waals surface area contributed by atoms with E-state index >= 15 is 0 Å². The van der Waals surface area contributed by atoms with E-state index < -0.39 is 0 Å². The molecular weight excluding hydrogens is 232 g/mol. The first kappa shape index (κ1) is 15.3. The number of nitrogens with two attached hydrogens (primary N) is 1. The lowest BCUT2D eigenvalue weighted by atomic mass is 9.63. The third-order valence-corrected chi connectivity index (χ3v) is 6.01. The van der Waals surface area contributed by atoms with Gasteiger partial charge in [-0.25, -0.2) is 0 Å². The maximum Gasteiger partial charge on any atom is 0.0360 e. The third-order valence-electron chi connectivity index (χ3n) is 6.01. The van der Waals surface area contributed by atoms with Crippen molar-refractivity contribution in [2.24, 2.45) is 23.0 Å². The normalized spacial score (nSPS) is 39.9. The molecule has 1 saturated heterocycles.